The number of halogens is 1. The Bertz CT molecular complexity index is 1030. The molecule has 1 heterocycles. The number of para-hydroxylation sites is 1. The summed E-state index contributed by atoms with van der Waals surface area (Å²) in [6.07, 6.45) is 0. The van der Waals surface area contributed by atoms with Gasteiger partial charge in [0.1, 0.15) is 5.82 Å². The maximum atomic E-state index is 13.6. The number of methoxy groups -OCH3 is 3. The second-order valence-corrected chi connectivity index (χ2v) is 6.85. The Morgan fingerprint density at radius 2 is 1.80 bits per heavy atom. The van der Waals surface area contributed by atoms with Crippen LogP contribution in [0.5, 0.6) is 17.2 Å². The summed E-state index contributed by atoms with van der Waals surface area (Å²) >= 11 is 1.07. The smallest absolute Gasteiger partial charge is 0.234 e. The number of ether oxygens (including phenoxy) is 3. The molecule has 3 rings (SSSR count). The summed E-state index contributed by atoms with van der Waals surface area (Å²) in [5.74, 6) is 6.83. The molecule has 1 aromatic heterocycles. The molecule has 2 aromatic carbocycles. The number of thioether (sulfide) groups is 1. The van der Waals surface area contributed by atoms with Crippen molar-refractivity contribution in [3.63, 3.8) is 0 Å². The number of nitrogens with two attached hydrogens (primary N) is 1. The quantitative estimate of drug-likeness (QED) is 0.412. The van der Waals surface area contributed by atoms with Crippen LogP contribution in [0.3, 0.4) is 0 Å². The molecule has 0 radical (unpaired) electrons. The topological polar surface area (TPSA) is 114 Å². The van der Waals surface area contributed by atoms with Gasteiger partial charge in [0, 0.05) is 5.56 Å². The highest BCUT2D eigenvalue weighted by Gasteiger charge is 2.19. The minimum atomic E-state index is -0.512. The number of nitrogens with zero attached hydrogens (tertiary/aromatic N) is 3. The van der Waals surface area contributed by atoms with Crippen molar-refractivity contribution < 1.29 is 23.4 Å². The number of nitrogen functional groups attached to an aromatic ring is 1. The Balaban J connectivity index is 1.76. The van der Waals surface area contributed by atoms with Gasteiger partial charge in [-0.15, -0.1) is 10.2 Å². The fourth-order valence-electron chi connectivity index (χ4n) is 2.66. The highest BCUT2D eigenvalue weighted by atomic mass is 32.2. The van der Waals surface area contributed by atoms with Crippen molar-refractivity contribution in [2.24, 2.45) is 0 Å². The molecule has 11 heteroatoms. The molecule has 0 aliphatic carbocycles. The number of aromatic nitrogens is 3. The molecule has 0 aliphatic rings. The Morgan fingerprint density at radius 1 is 1.13 bits per heavy atom. The van der Waals surface area contributed by atoms with E-state index in [1.807, 2.05) is 0 Å². The molecule has 0 saturated heterocycles. The van der Waals surface area contributed by atoms with Gasteiger partial charge >= 0.3 is 0 Å². The van der Waals surface area contributed by atoms with Gasteiger partial charge in [-0.2, -0.15) is 0 Å². The highest BCUT2D eigenvalue weighted by Crippen LogP contribution is 2.40. The van der Waals surface area contributed by atoms with E-state index in [1.165, 1.54) is 38.1 Å². The van der Waals surface area contributed by atoms with Crippen LogP contribution in [0.25, 0.3) is 11.4 Å². The first-order valence-corrected chi connectivity index (χ1v) is 9.65. The lowest BCUT2D eigenvalue weighted by Gasteiger charge is -2.13. The molecule has 0 bridgehead atoms. The summed E-state index contributed by atoms with van der Waals surface area (Å²) in [5.41, 5.74) is 0.692. The molecular weight excluding hydrogens is 413 g/mol. The maximum Gasteiger partial charge on any atom is 0.234 e. The summed E-state index contributed by atoms with van der Waals surface area (Å²) in [4.78, 5) is 12.1. The number of hydrogen-bond acceptors (Lipinski definition) is 8. The fraction of sp³-hybridized carbons (Fsp3) is 0.211. The lowest BCUT2D eigenvalue weighted by Crippen LogP contribution is -2.17. The number of carbonyl (C=O) groups excluding carboxylic acids is 1. The van der Waals surface area contributed by atoms with Crippen LogP contribution in [0.2, 0.25) is 0 Å². The third-order valence-electron chi connectivity index (χ3n) is 4.07. The molecule has 9 nitrogen and oxygen atoms in total. The molecule has 1 amide bonds. The first kappa shape index (κ1) is 21.2. The van der Waals surface area contributed by atoms with E-state index in [1.54, 1.807) is 24.3 Å². The maximum absolute atomic E-state index is 13.6. The summed E-state index contributed by atoms with van der Waals surface area (Å²) in [5, 5.41) is 10.9. The van der Waals surface area contributed by atoms with Gasteiger partial charge in [0.05, 0.1) is 32.8 Å². The molecule has 158 valence electrons. The van der Waals surface area contributed by atoms with E-state index >= 15 is 0 Å². The van der Waals surface area contributed by atoms with E-state index in [0.717, 1.165) is 11.8 Å². The molecule has 0 saturated carbocycles. The summed E-state index contributed by atoms with van der Waals surface area (Å²) in [6, 6.07) is 9.30. The van der Waals surface area contributed by atoms with E-state index in [9.17, 15) is 9.18 Å². The number of benzene rings is 2. The predicted molar refractivity (Wildman–Crippen MR) is 111 cm³/mol. The Hall–Kier alpha value is -3.47. The number of nitrogens with one attached hydrogen (secondary N) is 1. The Labute approximate surface area is 176 Å². The predicted octanol–water partition coefficient (Wildman–Crippen LogP) is 2.55. The number of carbonyl (C=O) groups is 1. The molecule has 0 fully saturated rings. The van der Waals surface area contributed by atoms with Crippen molar-refractivity contribution in [1.82, 2.24) is 14.9 Å². The van der Waals surface area contributed by atoms with Crippen molar-refractivity contribution in [1.29, 1.82) is 0 Å². The molecule has 0 spiro atoms. The van der Waals surface area contributed by atoms with Crippen molar-refractivity contribution in [2.75, 3.05) is 38.2 Å². The van der Waals surface area contributed by atoms with Gasteiger partial charge in [0.2, 0.25) is 16.8 Å². The van der Waals surface area contributed by atoms with E-state index in [-0.39, 0.29) is 11.4 Å². The van der Waals surface area contributed by atoms with Crippen LogP contribution in [0.4, 0.5) is 10.1 Å². The van der Waals surface area contributed by atoms with E-state index in [4.69, 9.17) is 20.1 Å². The van der Waals surface area contributed by atoms with E-state index in [0.29, 0.717) is 33.8 Å². The van der Waals surface area contributed by atoms with Gasteiger partial charge in [-0.25, -0.2) is 9.07 Å². The van der Waals surface area contributed by atoms with Crippen LogP contribution in [-0.4, -0.2) is 47.9 Å². The molecule has 30 heavy (non-hydrogen) atoms. The second-order valence-electron chi connectivity index (χ2n) is 5.91. The highest BCUT2D eigenvalue weighted by molar-refractivity contribution is 7.99. The first-order valence-electron chi connectivity index (χ1n) is 8.66. The minimum absolute atomic E-state index is 0.0288. The van der Waals surface area contributed by atoms with Crippen molar-refractivity contribution in [3.05, 3.63) is 42.2 Å². The van der Waals surface area contributed by atoms with Crippen LogP contribution < -0.4 is 25.4 Å². The SMILES string of the molecule is COc1cc(-c2nnc(SCC(=O)Nc3ccccc3F)n2N)cc(OC)c1OC. The van der Waals surface area contributed by atoms with Crippen LogP contribution in [0.15, 0.2) is 41.6 Å². The van der Waals surface area contributed by atoms with Crippen LogP contribution in [-0.2, 0) is 4.79 Å². The fourth-order valence-corrected chi connectivity index (χ4v) is 3.32. The molecule has 3 aromatic rings. The normalized spacial score (nSPS) is 10.5. The number of hydrogen-bond donors (Lipinski definition) is 2. The van der Waals surface area contributed by atoms with Gasteiger partial charge < -0.3 is 25.4 Å². The number of rotatable bonds is 8. The number of anilines is 1. The van der Waals surface area contributed by atoms with E-state index < -0.39 is 11.7 Å². The molecule has 0 aliphatic heterocycles. The Morgan fingerprint density at radius 3 is 2.40 bits per heavy atom. The monoisotopic (exact) mass is 433 g/mol. The van der Waals surface area contributed by atoms with Crippen LogP contribution in [0, 0.1) is 5.82 Å². The second kappa shape index (κ2) is 9.35. The zero-order valence-electron chi connectivity index (χ0n) is 16.5. The average molecular weight is 433 g/mol. The van der Waals surface area contributed by atoms with Gasteiger partial charge in [0.15, 0.2) is 17.3 Å². The van der Waals surface area contributed by atoms with Crippen LogP contribution >= 0.6 is 11.8 Å². The number of amides is 1. The molecule has 0 unspecified atom stereocenters. The molecule has 3 N–H and O–H groups in total. The van der Waals surface area contributed by atoms with Gasteiger partial charge in [-0.05, 0) is 24.3 Å². The minimum Gasteiger partial charge on any atom is -0.493 e. The summed E-state index contributed by atoms with van der Waals surface area (Å²) < 4.78 is 30.9. The van der Waals surface area contributed by atoms with E-state index in [2.05, 4.69) is 15.5 Å². The van der Waals surface area contributed by atoms with Crippen molar-refractivity contribution >= 4 is 23.4 Å². The largest absolute Gasteiger partial charge is 0.493 e. The Kier molecular flexibility index (Phi) is 6.62. The summed E-state index contributed by atoms with van der Waals surface area (Å²) in [7, 11) is 4.51. The van der Waals surface area contributed by atoms with Gasteiger partial charge in [-0.1, -0.05) is 23.9 Å². The average Bonchev–Trinajstić information content (AvgIpc) is 3.13. The zero-order valence-corrected chi connectivity index (χ0v) is 17.3. The lowest BCUT2D eigenvalue weighted by molar-refractivity contribution is -0.113. The van der Waals surface area contributed by atoms with Crippen molar-refractivity contribution in [2.45, 2.75) is 5.16 Å². The van der Waals surface area contributed by atoms with Gasteiger partial charge in [0.25, 0.3) is 0 Å². The zero-order chi connectivity index (χ0) is 21.7. The standard InChI is InChI=1S/C19H20FN5O4S/c1-27-14-8-11(9-15(28-2)17(14)29-3)18-23-24-19(25(18)21)30-10-16(26)22-13-7-5-4-6-12(13)20/h4-9H,10,21H2,1-3H3,(H,22,26). The molecule has 0 atom stereocenters. The first-order chi connectivity index (χ1) is 14.5. The molecular formula is C19H20FN5O4S. The third kappa shape index (κ3) is 4.40. The van der Waals surface area contributed by atoms with Crippen molar-refractivity contribution in [3.8, 4) is 28.6 Å². The lowest BCUT2D eigenvalue weighted by atomic mass is 10.1. The summed E-state index contributed by atoms with van der Waals surface area (Å²) in [6.45, 7) is 0. The third-order valence-corrected chi connectivity index (χ3v) is 5.01. The van der Waals surface area contributed by atoms with Crippen LogP contribution in [0.1, 0.15) is 0 Å². The van der Waals surface area contributed by atoms with Gasteiger partial charge in [-0.3, -0.25) is 4.79 Å².